The summed E-state index contributed by atoms with van der Waals surface area (Å²) in [5, 5.41) is 0. The van der Waals surface area contributed by atoms with E-state index < -0.39 is 0 Å². The first-order chi connectivity index (χ1) is 8.70. The van der Waals surface area contributed by atoms with Gasteiger partial charge in [-0.15, -0.1) is 0 Å². The Morgan fingerprint density at radius 1 is 1.33 bits per heavy atom. The Hall–Kier alpha value is -1.09. The minimum absolute atomic E-state index is 0.170. The van der Waals surface area contributed by atoms with Crippen LogP contribution in [0.1, 0.15) is 31.2 Å². The zero-order valence-electron chi connectivity index (χ0n) is 11.2. The van der Waals surface area contributed by atoms with Crippen LogP contribution >= 0.6 is 0 Å². The average Bonchev–Trinajstić information content (AvgIpc) is 2.82. The molecule has 0 radical (unpaired) electrons. The van der Waals surface area contributed by atoms with Crippen molar-refractivity contribution < 1.29 is 4.39 Å². The third-order valence-electron chi connectivity index (χ3n) is 3.87. The molecule has 1 aromatic rings. The van der Waals surface area contributed by atoms with Crippen LogP contribution in [0, 0.1) is 11.7 Å². The Morgan fingerprint density at radius 3 is 2.72 bits per heavy atom. The second kappa shape index (κ2) is 6.19. The molecule has 0 heterocycles. The molecule has 1 saturated carbocycles. The van der Waals surface area contributed by atoms with Gasteiger partial charge >= 0.3 is 0 Å². The summed E-state index contributed by atoms with van der Waals surface area (Å²) in [6.07, 6.45) is 6.12. The van der Waals surface area contributed by atoms with E-state index in [0.717, 1.165) is 30.1 Å². The molecule has 2 nitrogen and oxygen atoms in total. The number of halogens is 1. The van der Waals surface area contributed by atoms with E-state index in [2.05, 4.69) is 11.9 Å². The third-order valence-corrected chi connectivity index (χ3v) is 3.87. The van der Waals surface area contributed by atoms with E-state index in [1.807, 2.05) is 6.07 Å². The lowest BCUT2D eigenvalue weighted by atomic mass is 10.1. The fourth-order valence-corrected chi connectivity index (χ4v) is 2.96. The Kier molecular flexibility index (Phi) is 4.59. The first kappa shape index (κ1) is 13.3. The fourth-order valence-electron chi connectivity index (χ4n) is 2.96. The number of rotatable bonds is 5. The highest BCUT2D eigenvalue weighted by Gasteiger charge is 2.18. The van der Waals surface area contributed by atoms with Gasteiger partial charge in [0.15, 0.2) is 0 Å². The van der Waals surface area contributed by atoms with Crippen molar-refractivity contribution in [3.63, 3.8) is 0 Å². The summed E-state index contributed by atoms with van der Waals surface area (Å²) in [5.74, 6) is 0.627. The molecule has 0 aliphatic heterocycles. The van der Waals surface area contributed by atoms with Crippen LogP contribution in [0.3, 0.4) is 0 Å². The van der Waals surface area contributed by atoms with E-state index in [1.165, 1.54) is 25.7 Å². The van der Waals surface area contributed by atoms with E-state index in [0.29, 0.717) is 6.54 Å². The van der Waals surface area contributed by atoms with Crippen LogP contribution in [0.25, 0.3) is 0 Å². The number of nitrogens with zero attached hydrogens (tertiary/aromatic N) is 1. The Morgan fingerprint density at radius 2 is 2.06 bits per heavy atom. The van der Waals surface area contributed by atoms with Crippen molar-refractivity contribution in [1.29, 1.82) is 0 Å². The third kappa shape index (κ3) is 3.22. The molecule has 1 aliphatic carbocycles. The maximum atomic E-state index is 13.3. The van der Waals surface area contributed by atoms with Gasteiger partial charge in [0.2, 0.25) is 0 Å². The smallest absolute Gasteiger partial charge is 0.123 e. The standard InChI is InChI=1S/C15H23FN2/c1-18(11-12-4-2-3-5-12)15-7-6-14(16)10-13(15)8-9-17/h6-7,10,12H,2-5,8-9,11,17H2,1H3. The summed E-state index contributed by atoms with van der Waals surface area (Å²) in [6.45, 7) is 1.64. The topological polar surface area (TPSA) is 29.3 Å². The second-order valence-corrected chi connectivity index (χ2v) is 5.34. The zero-order valence-corrected chi connectivity index (χ0v) is 11.2. The molecular formula is C15H23FN2. The maximum absolute atomic E-state index is 13.3. The van der Waals surface area contributed by atoms with Crippen LogP contribution in [0.15, 0.2) is 18.2 Å². The van der Waals surface area contributed by atoms with Crippen LogP contribution in [-0.4, -0.2) is 20.1 Å². The molecule has 100 valence electrons. The summed E-state index contributed by atoms with van der Waals surface area (Å²) in [7, 11) is 2.10. The van der Waals surface area contributed by atoms with Crippen molar-refractivity contribution in [1.82, 2.24) is 0 Å². The summed E-state index contributed by atoms with van der Waals surface area (Å²) >= 11 is 0. The van der Waals surface area contributed by atoms with Gasteiger partial charge in [-0.1, -0.05) is 12.8 Å². The van der Waals surface area contributed by atoms with Gasteiger partial charge in [0.1, 0.15) is 5.82 Å². The fraction of sp³-hybridized carbons (Fsp3) is 0.600. The average molecular weight is 250 g/mol. The van der Waals surface area contributed by atoms with Crippen molar-refractivity contribution in [2.24, 2.45) is 11.7 Å². The highest BCUT2D eigenvalue weighted by Crippen LogP contribution is 2.28. The highest BCUT2D eigenvalue weighted by atomic mass is 19.1. The van der Waals surface area contributed by atoms with Crippen molar-refractivity contribution in [2.45, 2.75) is 32.1 Å². The lowest BCUT2D eigenvalue weighted by Gasteiger charge is -2.25. The molecule has 2 N–H and O–H groups in total. The molecular weight excluding hydrogens is 227 g/mol. The molecule has 0 saturated heterocycles. The normalized spacial score (nSPS) is 16.2. The molecule has 1 fully saturated rings. The first-order valence-corrected chi connectivity index (χ1v) is 6.90. The number of hydrogen-bond acceptors (Lipinski definition) is 2. The summed E-state index contributed by atoms with van der Waals surface area (Å²) in [6, 6.07) is 5.04. The Labute approximate surface area is 109 Å². The van der Waals surface area contributed by atoms with E-state index in [9.17, 15) is 4.39 Å². The minimum Gasteiger partial charge on any atom is -0.374 e. The quantitative estimate of drug-likeness (QED) is 0.870. The van der Waals surface area contributed by atoms with Gasteiger partial charge in [-0.3, -0.25) is 0 Å². The van der Waals surface area contributed by atoms with Gasteiger partial charge in [-0.2, -0.15) is 0 Å². The predicted octanol–water partition coefficient (Wildman–Crippen LogP) is 2.95. The molecule has 0 atom stereocenters. The lowest BCUT2D eigenvalue weighted by Crippen LogP contribution is -2.25. The Bertz CT molecular complexity index is 386. The van der Waals surface area contributed by atoms with Gasteiger partial charge < -0.3 is 10.6 Å². The van der Waals surface area contributed by atoms with Crippen molar-refractivity contribution >= 4 is 5.69 Å². The Balaban J connectivity index is 2.09. The second-order valence-electron chi connectivity index (χ2n) is 5.34. The number of anilines is 1. The number of nitrogens with two attached hydrogens (primary N) is 1. The summed E-state index contributed by atoms with van der Waals surface area (Å²) in [4.78, 5) is 2.26. The van der Waals surface area contributed by atoms with Crippen molar-refractivity contribution in [3.8, 4) is 0 Å². The molecule has 0 aromatic heterocycles. The first-order valence-electron chi connectivity index (χ1n) is 6.90. The maximum Gasteiger partial charge on any atom is 0.123 e. The summed E-state index contributed by atoms with van der Waals surface area (Å²) in [5.41, 5.74) is 7.76. The molecule has 1 aromatic carbocycles. The van der Waals surface area contributed by atoms with E-state index in [-0.39, 0.29) is 5.82 Å². The van der Waals surface area contributed by atoms with Crippen LogP contribution in [0.2, 0.25) is 0 Å². The van der Waals surface area contributed by atoms with Crippen LogP contribution in [-0.2, 0) is 6.42 Å². The predicted molar refractivity (Wildman–Crippen MR) is 74.4 cm³/mol. The SMILES string of the molecule is CN(CC1CCCC1)c1ccc(F)cc1CCN. The number of benzene rings is 1. The molecule has 0 amide bonds. The zero-order chi connectivity index (χ0) is 13.0. The van der Waals surface area contributed by atoms with Gasteiger partial charge in [-0.25, -0.2) is 4.39 Å². The van der Waals surface area contributed by atoms with Crippen LogP contribution in [0.5, 0.6) is 0 Å². The minimum atomic E-state index is -0.170. The molecule has 1 aliphatic rings. The molecule has 0 spiro atoms. The molecule has 18 heavy (non-hydrogen) atoms. The van der Waals surface area contributed by atoms with E-state index in [4.69, 9.17) is 5.73 Å². The van der Waals surface area contributed by atoms with Crippen LogP contribution < -0.4 is 10.6 Å². The van der Waals surface area contributed by atoms with Gasteiger partial charge in [0, 0.05) is 19.3 Å². The highest BCUT2D eigenvalue weighted by molar-refractivity contribution is 5.53. The molecule has 3 heteroatoms. The van der Waals surface area contributed by atoms with Gasteiger partial charge in [0.05, 0.1) is 0 Å². The number of hydrogen-bond donors (Lipinski definition) is 1. The molecule has 0 bridgehead atoms. The van der Waals surface area contributed by atoms with Gasteiger partial charge in [0.25, 0.3) is 0 Å². The summed E-state index contributed by atoms with van der Waals surface area (Å²) < 4.78 is 13.3. The largest absolute Gasteiger partial charge is 0.374 e. The van der Waals surface area contributed by atoms with Crippen molar-refractivity contribution in [2.75, 3.05) is 25.0 Å². The molecule has 2 rings (SSSR count). The lowest BCUT2D eigenvalue weighted by molar-refractivity contribution is 0.546. The van der Waals surface area contributed by atoms with Crippen LogP contribution in [0.4, 0.5) is 10.1 Å². The molecule has 0 unspecified atom stereocenters. The van der Waals surface area contributed by atoms with E-state index >= 15 is 0 Å². The van der Waals surface area contributed by atoms with Crippen molar-refractivity contribution in [3.05, 3.63) is 29.6 Å². The monoisotopic (exact) mass is 250 g/mol. The van der Waals surface area contributed by atoms with E-state index in [1.54, 1.807) is 12.1 Å². The van der Waals surface area contributed by atoms with Gasteiger partial charge in [-0.05, 0) is 55.5 Å².